The first-order chi connectivity index (χ1) is 13.8. The maximum Gasteiger partial charge on any atom is 0.263 e. The molecule has 2 amide bonds. The standard InChI is InChI=1S/C22H23F4NO2/c1-2-3-4-5-6-7-12-27(21(28)17-10-8-15(23)13-19(17)25)22(29)18-11-9-16(24)14-20(18)26/h8-11,13-14H,2-7,12H2,1H3. The minimum atomic E-state index is -1.12. The van der Waals surface area contributed by atoms with Crippen LogP contribution in [0.2, 0.25) is 0 Å². The van der Waals surface area contributed by atoms with Gasteiger partial charge in [-0.3, -0.25) is 14.5 Å². The Labute approximate surface area is 167 Å². The van der Waals surface area contributed by atoms with Gasteiger partial charge in [0.2, 0.25) is 0 Å². The summed E-state index contributed by atoms with van der Waals surface area (Å²) in [7, 11) is 0. The van der Waals surface area contributed by atoms with Gasteiger partial charge in [0.05, 0.1) is 11.1 Å². The molecule has 0 atom stereocenters. The Kier molecular flexibility index (Phi) is 8.36. The van der Waals surface area contributed by atoms with E-state index >= 15 is 0 Å². The molecule has 2 rings (SSSR count). The van der Waals surface area contributed by atoms with Gasteiger partial charge in [0, 0.05) is 18.7 Å². The second kappa shape index (κ2) is 10.7. The van der Waals surface area contributed by atoms with Crippen molar-refractivity contribution < 1.29 is 27.2 Å². The highest BCUT2D eigenvalue weighted by Gasteiger charge is 2.28. The number of benzene rings is 2. The van der Waals surface area contributed by atoms with Crippen molar-refractivity contribution in [1.29, 1.82) is 0 Å². The van der Waals surface area contributed by atoms with Crippen LogP contribution in [0.4, 0.5) is 17.6 Å². The lowest BCUT2D eigenvalue weighted by atomic mass is 10.1. The Morgan fingerprint density at radius 3 is 1.62 bits per heavy atom. The molecule has 2 aromatic carbocycles. The van der Waals surface area contributed by atoms with Crippen molar-refractivity contribution in [2.75, 3.05) is 6.54 Å². The summed E-state index contributed by atoms with van der Waals surface area (Å²) in [4.78, 5) is 26.3. The molecule has 0 N–H and O–H groups in total. The third kappa shape index (κ3) is 6.14. The Bertz CT molecular complexity index is 806. The van der Waals surface area contributed by atoms with Crippen molar-refractivity contribution >= 4 is 11.8 Å². The van der Waals surface area contributed by atoms with Gasteiger partial charge in [-0.05, 0) is 30.7 Å². The molecule has 0 saturated carbocycles. The van der Waals surface area contributed by atoms with Crippen molar-refractivity contribution in [3.8, 4) is 0 Å². The van der Waals surface area contributed by atoms with Gasteiger partial charge in [-0.25, -0.2) is 17.6 Å². The molecule has 156 valence electrons. The number of imide groups is 1. The summed E-state index contributed by atoms with van der Waals surface area (Å²) in [5, 5.41) is 0. The van der Waals surface area contributed by atoms with Crippen LogP contribution in [0.15, 0.2) is 36.4 Å². The largest absolute Gasteiger partial charge is 0.274 e. The summed E-state index contributed by atoms with van der Waals surface area (Å²) >= 11 is 0. The van der Waals surface area contributed by atoms with Gasteiger partial charge >= 0.3 is 0 Å². The van der Waals surface area contributed by atoms with Gasteiger partial charge in [0.15, 0.2) is 0 Å². The van der Waals surface area contributed by atoms with Crippen LogP contribution in [-0.4, -0.2) is 23.3 Å². The number of carbonyl (C=O) groups is 2. The Balaban J connectivity index is 2.24. The molecule has 0 bridgehead atoms. The molecule has 3 nitrogen and oxygen atoms in total. The molecule has 0 fully saturated rings. The van der Waals surface area contributed by atoms with E-state index in [9.17, 15) is 27.2 Å². The van der Waals surface area contributed by atoms with Crippen molar-refractivity contribution in [1.82, 2.24) is 4.90 Å². The van der Waals surface area contributed by atoms with Crippen molar-refractivity contribution in [2.45, 2.75) is 45.4 Å². The van der Waals surface area contributed by atoms with Gasteiger partial charge in [0.1, 0.15) is 23.3 Å². The fourth-order valence-corrected chi connectivity index (χ4v) is 2.96. The fourth-order valence-electron chi connectivity index (χ4n) is 2.96. The third-order valence-electron chi connectivity index (χ3n) is 4.55. The van der Waals surface area contributed by atoms with Gasteiger partial charge in [0.25, 0.3) is 11.8 Å². The van der Waals surface area contributed by atoms with Crippen LogP contribution >= 0.6 is 0 Å². The van der Waals surface area contributed by atoms with Gasteiger partial charge < -0.3 is 0 Å². The number of hydrogen-bond donors (Lipinski definition) is 0. The smallest absolute Gasteiger partial charge is 0.263 e. The van der Waals surface area contributed by atoms with Crippen molar-refractivity contribution in [3.63, 3.8) is 0 Å². The van der Waals surface area contributed by atoms with Crippen LogP contribution in [0.5, 0.6) is 0 Å². The quantitative estimate of drug-likeness (QED) is 0.294. The maximum atomic E-state index is 14.1. The SMILES string of the molecule is CCCCCCCCN(C(=O)c1ccc(F)cc1F)C(=O)c1ccc(F)cc1F. The van der Waals surface area contributed by atoms with Crippen LogP contribution < -0.4 is 0 Å². The molecular formula is C22H23F4NO2. The first-order valence-corrected chi connectivity index (χ1v) is 9.61. The van der Waals surface area contributed by atoms with Gasteiger partial charge in [-0.2, -0.15) is 0 Å². The molecule has 0 spiro atoms. The lowest BCUT2D eigenvalue weighted by Crippen LogP contribution is -2.38. The Morgan fingerprint density at radius 1 is 0.724 bits per heavy atom. The highest BCUT2D eigenvalue weighted by atomic mass is 19.1. The Hall–Kier alpha value is -2.70. The summed E-state index contributed by atoms with van der Waals surface area (Å²) in [5.41, 5.74) is -0.985. The topological polar surface area (TPSA) is 37.4 Å². The molecule has 0 saturated heterocycles. The van der Waals surface area contributed by atoms with E-state index in [0.29, 0.717) is 18.6 Å². The summed E-state index contributed by atoms with van der Waals surface area (Å²) in [6.07, 6.45) is 5.24. The average Bonchev–Trinajstić information content (AvgIpc) is 2.66. The van der Waals surface area contributed by atoms with E-state index in [1.165, 1.54) is 0 Å². The monoisotopic (exact) mass is 409 g/mol. The summed E-state index contributed by atoms with van der Waals surface area (Å²) in [6.45, 7) is 2.02. The van der Waals surface area contributed by atoms with Crippen LogP contribution in [-0.2, 0) is 0 Å². The van der Waals surface area contributed by atoms with E-state index in [2.05, 4.69) is 6.92 Å². The van der Waals surface area contributed by atoms with Crippen molar-refractivity contribution in [2.24, 2.45) is 0 Å². The van der Waals surface area contributed by atoms with Crippen LogP contribution in [0.1, 0.15) is 66.2 Å². The molecule has 0 radical (unpaired) electrons. The first-order valence-electron chi connectivity index (χ1n) is 9.61. The zero-order valence-electron chi connectivity index (χ0n) is 16.2. The molecule has 0 aromatic heterocycles. The molecule has 0 aliphatic carbocycles. The second-order valence-electron chi connectivity index (χ2n) is 6.78. The number of amides is 2. The molecule has 0 aliphatic heterocycles. The predicted octanol–water partition coefficient (Wildman–Crippen LogP) is 5.89. The number of rotatable bonds is 9. The fraction of sp³-hybridized carbons (Fsp3) is 0.364. The first kappa shape index (κ1) is 22.6. The summed E-state index contributed by atoms with van der Waals surface area (Å²) < 4.78 is 54.4. The second-order valence-corrected chi connectivity index (χ2v) is 6.78. The van der Waals surface area contributed by atoms with E-state index < -0.39 is 46.2 Å². The molecule has 0 unspecified atom stereocenters. The van der Waals surface area contributed by atoms with Crippen molar-refractivity contribution in [3.05, 3.63) is 70.8 Å². The highest BCUT2D eigenvalue weighted by Crippen LogP contribution is 2.18. The minimum Gasteiger partial charge on any atom is -0.274 e. The molecule has 2 aromatic rings. The molecule has 0 heterocycles. The van der Waals surface area contributed by atoms with Gasteiger partial charge in [-0.1, -0.05) is 39.0 Å². The maximum absolute atomic E-state index is 14.1. The van der Waals surface area contributed by atoms with Crippen LogP contribution in [0, 0.1) is 23.3 Å². The Morgan fingerprint density at radius 2 is 1.17 bits per heavy atom. The van der Waals surface area contributed by atoms with E-state index in [-0.39, 0.29) is 6.54 Å². The normalized spacial score (nSPS) is 10.8. The highest BCUT2D eigenvalue weighted by molar-refractivity contribution is 6.10. The zero-order chi connectivity index (χ0) is 21.4. The molecular weight excluding hydrogens is 386 g/mol. The molecule has 7 heteroatoms. The van der Waals surface area contributed by atoms with Gasteiger partial charge in [-0.15, -0.1) is 0 Å². The molecule has 29 heavy (non-hydrogen) atoms. The number of carbonyl (C=O) groups excluding carboxylic acids is 2. The average molecular weight is 409 g/mol. The zero-order valence-corrected chi connectivity index (χ0v) is 16.2. The number of halogens is 4. The lowest BCUT2D eigenvalue weighted by molar-refractivity contribution is 0.0608. The number of nitrogens with zero attached hydrogens (tertiary/aromatic N) is 1. The van der Waals surface area contributed by atoms with E-state index in [0.717, 1.165) is 61.3 Å². The predicted molar refractivity (Wildman–Crippen MR) is 101 cm³/mol. The van der Waals surface area contributed by atoms with Crippen LogP contribution in [0.3, 0.4) is 0 Å². The number of unbranched alkanes of at least 4 members (excludes halogenated alkanes) is 5. The van der Waals surface area contributed by atoms with E-state index in [1.54, 1.807) is 0 Å². The third-order valence-corrected chi connectivity index (χ3v) is 4.55. The lowest BCUT2D eigenvalue weighted by Gasteiger charge is -2.21. The summed E-state index contributed by atoms with van der Waals surface area (Å²) in [6, 6.07) is 4.77. The number of hydrogen-bond acceptors (Lipinski definition) is 2. The summed E-state index contributed by atoms with van der Waals surface area (Å²) in [5.74, 6) is -5.95. The molecule has 0 aliphatic rings. The minimum absolute atomic E-state index is 0.0581. The van der Waals surface area contributed by atoms with E-state index in [1.807, 2.05) is 0 Å². The van der Waals surface area contributed by atoms with Crippen LogP contribution in [0.25, 0.3) is 0 Å². The van der Waals surface area contributed by atoms with E-state index in [4.69, 9.17) is 0 Å².